The summed E-state index contributed by atoms with van der Waals surface area (Å²) >= 11 is 7.10. The van der Waals surface area contributed by atoms with Gasteiger partial charge in [0, 0.05) is 11.8 Å². The fourth-order valence-corrected chi connectivity index (χ4v) is 5.96. The highest BCUT2D eigenvalue weighted by molar-refractivity contribution is 7.07. The van der Waals surface area contributed by atoms with Crippen LogP contribution in [0.3, 0.4) is 0 Å². The van der Waals surface area contributed by atoms with Crippen molar-refractivity contribution in [1.82, 2.24) is 24.5 Å². The average molecular weight is 655 g/mol. The number of carbonyl (C=O) groups is 2. The summed E-state index contributed by atoms with van der Waals surface area (Å²) in [5.41, 5.74) is 8.00. The molecule has 1 aliphatic rings. The van der Waals surface area contributed by atoms with Crippen molar-refractivity contribution in [2.24, 2.45) is 0 Å². The number of ether oxygens (including phenoxy) is 2. The molecule has 1 saturated heterocycles. The first-order chi connectivity index (χ1) is 21.6. The molecule has 0 aliphatic carbocycles. The maximum absolute atomic E-state index is 15.4. The number of carboxylic acids is 2. The fourth-order valence-electron chi connectivity index (χ4n) is 5.17. The molecule has 4 heterocycles. The minimum atomic E-state index is -2.01. The number of fused-ring (bicyclic) bond motifs is 1. The molecular weight excluding hydrogens is 631 g/mol. The highest BCUT2D eigenvalue weighted by atomic mass is 35.5. The minimum absolute atomic E-state index is 0.0174. The van der Waals surface area contributed by atoms with Crippen molar-refractivity contribution < 1.29 is 38.8 Å². The highest BCUT2D eigenvalue weighted by Gasteiger charge is 2.49. The molecule has 3 aromatic heterocycles. The van der Waals surface area contributed by atoms with E-state index in [9.17, 15) is 19.8 Å². The van der Waals surface area contributed by atoms with Gasteiger partial charge in [-0.15, -0.1) is 11.3 Å². The van der Waals surface area contributed by atoms with Crippen molar-refractivity contribution >= 4 is 51.9 Å². The lowest BCUT2D eigenvalue weighted by Gasteiger charge is -2.30. The summed E-state index contributed by atoms with van der Waals surface area (Å²) in [7, 11) is 0. The Labute approximate surface area is 262 Å². The summed E-state index contributed by atoms with van der Waals surface area (Å²) < 4.78 is 28.5. The van der Waals surface area contributed by atoms with E-state index in [1.807, 2.05) is 0 Å². The van der Waals surface area contributed by atoms with Gasteiger partial charge in [0.2, 0.25) is 10.9 Å². The summed E-state index contributed by atoms with van der Waals surface area (Å²) in [4.78, 5) is 40.2. The van der Waals surface area contributed by atoms with E-state index in [2.05, 4.69) is 19.9 Å². The van der Waals surface area contributed by atoms with Gasteiger partial charge >= 0.3 is 11.9 Å². The Bertz CT molecular complexity index is 1860. The van der Waals surface area contributed by atoms with Crippen LogP contribution < -0.4 is 5.73 Å². The smallest absolute Gasteiger partial charge is 0.342 e. The number of aliphatic hydroxyl groups is 1. The number of benzene rings is 2. The molecule has 45 heavy (non-hydrogen) atoms. The van der Waals surface area contributed by atoms with Gasteiger partial charge in [-0.05, 0) is 40.4 Å². The molecule has 0 radical (unpaired) electrons. The number of imidazole rings is 1. The number of aliphatic carboxylic acids is 1. The van der Waals surface area contributed by atoms with Crippen molar-refractivity contribution in [2.75, 3.05) is 12.3 Å². The van der Waals surface area contributed by atoms with Crippen LogP contribution in [-0.2, 0) is 26.3 Å². The van der Waals surface area contributed by atoms with Crippen LogP contribution in [0.2, 0.25) is 5.28 Å². The molecule has 0 unspecified atom stereocenters. The van der Waals surface area contributed by atoms with E-state index in [1.54, 1.807) is 41.8 Å². The van der Waals surface area contributed by atoms with Crippen molar-refractivity contribution in [1.29, 1.82) is 0 Å². The van der Waals surface area contributed by atoms with Crippen LogP contribution in [0.5, 0.6) is 0 Å². The average Bonchev–Trinajstić information content (AvgIpc) is 3.77. The number of alkyl halides is 1. The second-order valence-electron chi connectivity index (χ2n) is 10.3. The van der Waals surface area contributed by atoms with Crippen LogP contribution in [0.4, 0.5) is 10.2 Å². The predicted molar refractivity (Wildman–Crippen MR) is 159 cm³/mol. The topological polar surface area (TPSA) is 196 Å². The molecule has 0 bridgehead atoms. The molecule has 0 amide bonds. The zero-order valence-electron chi connectivity index (χ0n) is 23.0. The van der Waals surface area contributed by atoms with Gasteiger partial charge in [0.25, 0.3) is 0 Å². The Kier molecular flexibility index (Phi) is 8.20. The van der Waals surface area contributed by atoms with Gasteiger partial charge in [0.1, 0.15) is 17.7 Å². The van der Waals surface area contributed by atoms with Gasteiger partial charge in [-0.1, -0.05) is 36.4 Å². The Morgan fingerprint density at radius 1 is 1.09 bits per heavy atom. The normalized spacial score (nSPS) is 21.1. The molecule has 0 spiro atoms. The third kappa shape index (κ3) is 5.71. The van der Waals surface area contributed by atoms with Gasteiger partial charge < -0.3 is 30.5 Å². The first-order valence-electron chi connectivity index (χ1n) is 13.4. The molecule has 5 N–H and O–H groups in total. The molecule has 16 heteroatoms. The van der Waals surface area contributed by atoms with E-state index in [0.29, 0.717) is 5.56 Å². The predicted octanol–water partition coefficient (Wildman–Crippen LogP) is 3.72. The van der Waals surface area contributed by atoms with E-state index in [1.165, 1.54) is 39.9 Å². The summed E-state index contributed by atoms with van der Waals surface area (Å²) in [6.07, 6.45) is -5.22. The first kappa shape index (κ1) is 30.5. The maximum atomic E-state index is 15.4. The molecule has 5 atom stereocenters. The fraction of sp³-hybridized carbons (Fsp3) is 0.241. The lowest BCUT2D eigenvalue weighted by molar-refractivity contribution is -0.177. The quantitative estimate of drug-likeness (QED) is 0.160. The van der Waals surface area contributed by atoms with E-state index in [4.69, 9.17) is 31.9 Å². The van der Waals surface area contributed by atoms with Crippen LogP contribution >= 0.6 is 22.9 Å². The lowest BCUT2D eigenvalue weighted by Crippen LogP contribution is -2.44. The number of hydrogen-bond donors (Lipinski definition) is 4. The number of thiazole rings is 1. The molecule has 1 aliphatic heterocycles. The van der Waals surface area contributed by atoms with Crippen LogP contribution in [0.1, 0.15) is 27.8 Å². The maximum Gasteiger partial charge on any atom is 0.342 e. The second kappa shape index (κ2) is 12.1. The summed E-state index contributed by atoms with van der Waals surface area (Å²) in [5, 5.41) is 31.8. The monoisotopic (exact) mass is 654 g/mol. The Morgan fingerprint density at radius 3 is 2.40 bits per heavy atom. The van der Waals surface area contributed by atoms with E-state index < -0.39 is 48.8 Å². The number of halogens is 2. The number of nitrogens with two attached hydrogens (primary N) is 1. The van der Waals surface area contributed by atoms with Gasteiger partial charge in [0.15, 0.2) is 23.9 Å². The van der Waals surface area contributed by atoms with Crippen LogP contribution in [0.15, 0.2) is 65.7 Å². The number of nitrogens with zero attached hydrogens (tertiary/aromatic N) is 5. The third-order valence-corrected chi connectivity index (χ3v) is 8.30. The second-order valence-corrected chi connectivity index (χ2v) is 11.3. The standard InChI is InChI=1S/C29H24ClFN6O7S/c30-28-35-23(32)21-24(36-28)37(12-33-21)25-20(31)22(38)18(44-25)10-43-29(27(41)42,19-11-45-13-34-19)9-14-1-3-15(4-2-14)16-5-7-17(8-6-16)26(39)40/h1-8,11-13,18,20,22,25,38H,9-10H2,(H,39,40)(H,41,42)(H2,32,35,36)/t18-,20+,22-,25-,29-/m1/s1. The molecule has 1 fully saturated rings. The van der Waals surface area contributed by atoms with Crippen molar-refractivity contribution in [2.45, 2.75) is 36.6 Å². The third-order valence-electron chi connectivity index (χ3n) is 7.55. The van der Waals surface area contributed by atoms with E-state index in [0.717, 1.165) is 11.1 Å². The van der Waals surface area contributed by atoms with Crippen LogP contribution in [0, 0.1) is 0 Å². The molecule has 5 aromatic rings. The summed E-state index contributed by atoms with van der Waals surface area (Å²) in [5.74, 6) is -2.39. The number of nitrogen functional groups attached to an aromatic ring is 1. The SMILES string of the molecule is Nc1nc(Cl)nc2c1ncn2[C@@H]1O[C@H](CO[C@@](Cc2ccc(-c3ccc(C(=O)O)cc3)cc2)(C(=O)O)c2cscn2)[C@@H](O)[C@@H]1F. The van der Waals surface area contributed by atoms with E-state index in [-0.39, 0.29) is 39.9 Å². The molecule has 6 rings (SSSR count). The van der Waals surface area contributed by atoms with Gasteiger partial charge in [-0.25, -0.2) is 23.9 Å². The zero-order chi connectivity index (χ0) is 31.9. The van der Waals surface area contributed by atoms with Crippen molar-refractivity contribution in [3.8, 4) is 11.1 Å². The Hall–Kier alpha value is -4.54. The number of aliphatic hydroxyl groups excluding tert-OH is 1. The van der Waals surface area contributed by atoms with Gasteiger partial charge in [-0.2, -0.15) is 9.97 Å². The number of aromatic carboxylic acids is 1. The number of anilines is 1. The van der Waals surface area contributed by atoms with Gasteiger partial charge in [0.05, 0.1) is 29.7 Å². The number of hydrogen-bond acceptors (Lipinski definition) is 11. The molecular formula is C29H24ClFN6O7S. The Balaban J connectivity index is 1.24. The number of rotatable bonds is 10. The highest BCUT2D eigenvalue weighted by Crippen LogP contribution is 2.37. The van der Waals surface area contributed by atoms with Crippen molar-refractivity contribution in [3.63, 3.8) is 0 Å². The number of carboxylic acid groups (broad SMARTS) is 2. The van der Waals surface area contributed by atoms with Gasteiger partial charge in [-0.3, -0.25) is 4.57 Å². The zero-order valence-corrected chi connectivity index (χ0v) is 24.6. The lowest BCUT2D eigenvalue weighted by atomic mass is 9.90. The summed E-state index contributed by atoms with van der Waals surface area (Å²) in [6, 6.07) is 13.4. The molecule has 232 valence electrons. The minimum Gasteiger partial charge on any atom is -0.479 e. The van der Waals surface area contributed by atoms with Crippen LogP contribution in [-0.4, -0.2) is 76.7 Å². The Morgan fingerprint density at radius 2 is 1.78 bits per heavy atom. The molecule has 0 saturated carbocycles. The molecule has 13 nitrogen and oxygen atoms in total. The van der Waals surface area contributed by atoms with E-state index >= 15 is 4.39 Å². The summed E-state index contributed by atoms with van der Waals surface area (Å²) in [6.45, 7) is -0.500. The number of aromatic nitrogens is 5. The van der Waals surface area contributed by atoms with Crippen molar-refractivity contribution in [3.05, 3.63) is 87.9 Å². The first-order valence-corrected chi connectivity index (χ1v) is 14.7. The molecule has 2 aromatic carbocycles. The largest absolute Gasteiger partial charge is 0.479 e. The van der Waals surface area contributed by atoms with Crippen LogP contribution in [0.25, 0.3) is 22.3 Å².